The van der Waals surface area contributed by atoms with Gasteiger partial charge in [-0.2, -0.15) is 0 Å². The van der Waals surface area contributed by atoms with Crippen LogP contribution in [0, 0.1) is 0 Å². The van der Waals surface area contributed by atoms with E-state index in [1.54, 1.807) is 48.8 Å². The first-order valence-corrected chi connectivity index (χ1v) is 7.82. The van der Waals surface area contributed by atoms with Crippen LogP contribution in [-0.2, 0) is 0 Å². The van der Waals surface area contributed by atoms with Gasteiger partial charge in [-0.15, -0.1) is 0 Å². The highest BCUT2D eigenvalue weighted by Gasteiger charge is 2.34. The first-order chi connectivity index (χ1) is 11.2. The molecule has 0 unspecified atom stereocenters. The summed E-state index contributed by atoms with van der Waals surface area (Å²) in [5, 5.41) is 12.6. The molecule has 0 aliphatic heterocycles. The fourth-order valence-corrected chi connectivity index (χ4v) is 2.93. The summed E-state index contributed by atoms with van der Waals surface area (Å²) in [7, 11) is 0. The highest BCUT2D eigenvalue weighted by molar-refractivity contribution is 5.95. The molecule has 1 amide bonds. The SMILES string of the molecule is O=C(NC1(CO)CCCC1)c1cccc(Oc2ccncc2)c1. The molecule has 0 saturated heterocycles. The van der Waals surface area contributed by atoms with Crippen molar-refractivity contribution < 1.29 is 14.6 Å². The van der Waals surface area contributed by atoms with Crippen molar-refractivity contribution >= 4 is 5.91 Å². The van der Waals surface area contributed by atoms with Crippen LogP contribution in [0.15, 0.2) is 48.8 Å². The maximum atomic E-state index is 12.5. The number of hydrogen-bond donors (Lipinski definition) is 2. The Morgan fingerprint density at radius 2 is 1.91 bits per heavy atom. The minimum Gasteiger partial charge on any atom is -0.457 e. The Labute approximate surface area is 135 Å². The third-order valence-corrected chi connectivity index (χ3v) is 4.22. The molecule has 1 aliphatic carbocycles. The number of amides is 1. The van der Waals surface area contributed by atoms with E-state index in [1.165, 1.54) is 0 Å². The Hall–Kier alpha value is -2.40. The molecule has 1 aliphatic rings. The van der Waals surface area contributed by atoms with Gasteiger partial charge in [0.25, 0.3) is 5.91 Å². The summed E-state index contributed by atoms with van der Waals surface area (Å²) in [5.74, 6) is 1.08. The standard InChI is InChI=1S/C18H20N2O3/c21-13-18(8-1-2-9-18)20-17(22)14-4-3-5-16(12-14)23-15-6-10-19-11-7-15/h3-7,10-12,21H,1-2,8-9,13H2,(H,20,22). The molecule has 5 heteroatoms. The van der Waals surface area contributed by atoms with Gasteiger partial charge in [0.1, 0.15) is 11.5 Å². The van der Waals surface area contributed by atoms with Gasteiger partial charge in [-0.25, -0.2) is 0 Å². The Morgan fingerprint density at radius 3 is 2.61 bits per heavy atom. The maximum absolute atomic E-state index is 12.5. The predicted octanol–water partition coefficient (Wildman–Crippen LogP) is 2.91. The van der Waals surface area contributed by atoms with Crippen LogP contribution in [-0.4, -0.2) is 28.1 Å². The second kappa shape index (κ2) is 6.79. The van der Waals surface area contributed by atoms with E-state index in [0.717, 1.165) is 25.7 Å². The summed E-state index contributed by atoms with van der Waals surface area (Å²) >= 11 is 0. The highest BCUT2D eigenvalue weighted by atomic mass is 16.5. The number of carbonyl (C=O) groups excluding carboxylic acids is 1. The van der Waals surface area contributed by atoms with E-state index >= 15 is 0 Å². The van der Waals surface area contributed by atoms with Crippen molar-refractivity contribution in [2.45, 2.75) is 31.2 Å². The molecule has 23 heavy (non-hydrogen) atoms. The summed E-state index contributed by atoms with van der Waals surface area (Å²) in [6.45, 7) is -0.0219. The highest BCUT2D eigenvalue weighted by Crippen LogP contribution is 2.30. The Kier molecular flexibility index (Phi) is 4.57. The number of ether oxygens (including phenoxy) is 1. The average molecular weight is 312 g/mol. The van der Waals surface area contributed by atoms with Crippen molar-refractivity contribution in [3.8, 4) is 11.5 Å². The van der Waals surface area contributed by atoms with Crippen LogP contribution in [0.1, 0.15) is 36.0 Å². The third-order valence-electron chi connectivity index (χ3n) is 4.22. The molecule has 1 heterocycles. The number of aliphatic hydroxyl groups excluding tert-OH is 1. The van der Waals surface area contributed by atoms with Crippen LogP contribution in [0.2, 0.25) is 0 Å². The van der Waals surface area contributed by atoms with Crippen molar-refractivity contribution in [1.29, 1.82) is 0 Å². The lowest BCUT2D eigenvalue weighted by molar-refractivity contribution is 0.0838. The second-order valence-corrected chi connectivity index (χ2v) is 5.91. The van der Waals surface area contributed by atoms with Gasteiger partial charge in [0, 0.05) is 18.0 Å². The molecule has 1 saturated carbocycles. The quantitative estimate of drug-likeness (QED) is 0.890. The molecule has 3 rings (SSSR count). The maximum Gasteiger partial charge on any atom is 0.251 e. The van der Waals surface area contributed by atoms with E-state index in [-0.39, 0.29) is 12.5 Å². The molecule has 1 aromatic heterocycles. The number of rotatable bonds is 5. The molecule has 1 fully saturated rings. The monoisotopic (exact) mass is 312 g/mol. The van der Waals surface area contributed by atoms with Crippen molar-refractivity contribution in [2.75, 3.05) is 6.61 Å². The zero-order valence-electron chi connectivity index (χ0n) is 12.9. The molecular formula is C18H20N2O3. The number of nitrogens with zero attached hydrogens (tertiary/aromatic N) is 1. The number of benzene rings is 1. The lowest BCUT2D eigenvalue weighted by atomic mass is 9.98. The molecule has 0 bridgehead atoms. The molecular weight excluding hydrogens is 292 g/mol. The van der Waals surface area contributed by atoms with Gasteiger partial charge < -0.3 is 15.2 Å². The Bertz CT molecular complexity index is 667. The predicted molar refractivity (Wildman–Crippen MR) is 86.5 cm³/mol. The van der Waals surface area contributed by atoms with Crippen LogP contribution in [0.25, 0.3) is 0 Å². The van der Waals surface area contributed by atoms with E-state index in [1.807, 2.05) is 0 Å². The summed E-state index contributed by atoms with van der Waals surface area (Å²) in [4.78, 5) is 16.4. The summed E-state index contributed by atoms with van der Waals surface area (Å²) < 4.78 is 5.72. The number of pyridine rings is 1. The van der Waals surface area contributed by atoms with Gasteiger partial charge in [-0.3, -0.25) is 9.78 Å². The van der Waals surface area contributed by atoms with Crippen LogP contribution in [0.4, 0.5) is 0 Å². The van der Waals surface area contributed by atoms with Gasteiger partial charge >= 0.3 is 0 Å². The number of aliphatic hydroxyl groups is 1. The lowest BCUT2D eigenvalue weighted by Crippen LogP contribution is -2.49. The van der Waals surface area contributed by atoms with Crippen molar-refractivity contribution in [3.05, 3.63) is 54.4 Å². The fraction of sp³-hybridized carbons (Fsp3) is 0.333. The molecule has 0 atom stereocenters. The van der Waals surface area contributed by atoms with Gasteiger partial charge in [0.2, 0.25) is 0 Å². The Morgan fingerprint density at radius 1 is 1.17 bits per heavy atom. The second-order valence-electron chi connectivity index (χ2n) is 5.91. The molecule has 2 N–H and O–H groups in total. The molecule has 0 radical (unpaired) electrons. The molecule has 0 spiro atoms. The fourth-order valence-electron chi connectivity index (χ4n) is 2.93. The Balaban J connectivity index is 1.73. The van der Waals surface area contributed by atoms with E-state index in [9.17, 15) is 9.90 Å². The first-order valence-electron chi connectivity index (χ1n) is 7.82. The largest absolute Gasteiger partial charge is 0.457 e. The van der Waals surface area contributed by atoms with Crippen molar-refractivity contribution in [1.82, 2.24) is 10.3 Å². The smallest absolute Gasteiger partial charge is 0.251 e. The zero-order chi connectivity index (χ0) is 16.1. The van der Waals surface area contributed by atoms with Crippen LogP contribution in [0.3, 0.4) is 0 Å². The number of carbonyl (C=O) groups is 1. The molecule has 5 nitrogen and oxygen atoms in total. The third kappa shape index (κ3) is 3.68. The topological polar surface area (TPSA) is 71.5 Å². The molecule has 2 aromatic rings. The van der Waals surface area contributed by atoms with E-state index in [0.29, 0.717) is 17.1 Å². The van der Waals surface area contributed by atoms with Gasteiger partial charge in [0.15, 0.2) is 0 Å². The van der Waals surface area contributed by atoms with Gasteiger partial charge in [0.05, 0.1) is 12.1 Å². The normalized spacial score (nSPS) is 16.0. The lowest BCUT2D eigenvalue weighted by Gasteiger charge is -2.28. The van der Waals surface area contributed by atoms with E-state index in [2.05, 4.69) is 10.3 Å². The van der Waals surface area contributed by atoms with Gasteiger partial charge in [-0.1, -0.05) is 18.9 Å². The van der Waals surface area contributed by atoms with Gasteiger partial charge in [-0.05, 0) is 43.2 Å². The first kappa shape index (κ1) is 15.5. The van der Waals surface area contributed by atoms with Crippen LogP contribution >= 0.6 is 0 Å². The van der Waals surface area contributed by atoms with E-state index in [4.69, 9.17) is 4.74 Å². The summed E-state index contributed by atoms with van der Waals surface area (Å²) in [6, 6.07) is 10.5. The molecule has 1 aromatic carbocycles. The van der Waals surface area contributed by atoms with E-state index < -0.39 is 5.54 Å². The average Bonchev–Trinajstić information content (AvgIpc) is 3.05. The van der Waals surface area contributed by atoms with Crippen molar-refractivity contribution in [3.63, 3.8) is 0 Å². The minimum atomic E-state index is -0.473. The molecule has 120 valence electrons. The number of nitrogens with one attached hydrogen (secondary N) is 1. The van der Waals surface area contributed by atoms with Crippen LogP contribution < -0.4 is 10.1 Å². The van der Waals surface area contributed by atoms with Crippen LogP contribution in [0.5, 0.6) is 11.5 Å². The zero-order valence-corrected chi connectivity index (χ0v) is 12.9. The minimum absolute atomic E-state index is 0.0219. The number of aromatic nitrogens is 1. The summed E-state index contributed by atoms with van der Waals surface area (Å²) in [6.07, 6.45) is 7.01. The van der Waals surface area contributed by atoms with Crippen molar-refractivity contribution in [2.24, 2.45) is 0 Å². The summed E-state index contributed by atoms with van der Waals surface area (Å²) in [5.41, 5.74) is 0.0512. The number of hydrogen-bond acceptors (Lipinski definition) is 4.